The highest BCUT2D eigenvalue weighted by molar-refractivity contribution is 6.33. The Labute approximate surface area is 202 Å². The first-order valence-corrected chi connectivity index (χ1v) is 11.7. The lowest BCUT2D eigenvalue weighted by Crippen LogP contribution is -2.43. The van der Waals surface area contributed by atoms with Gasteiger partial charge in [0.1, 0.15) is 5.75 Å². The first-order chi connectivity index (χ1) is 16.5. The number of primary amides is 1. The molecule has 5 rings (SSSR count). The van der Waals surface area contributed by atoms with Gasteiger partial charge in [-0.1, -0.05) is 30.2 Å². The molecule has 3 heterocycles. The molecule has 10 heteroatoms. The largest absolute Gasteiger partial charge is 0.495 e. The zero-order valence-corrected chi connectivity index (χ0v) is 19.6. The summed E-state index contributed by atoms with van der Waals surface area (Å²) < 4.78 is 5.66. The molecule has 1 atom stereocenters. The van der Waals surface area contributed by atoms with Crippen LogP contribution in [0.5, 0.6) is 5.75 Å². The van der Waals surface area contributed by atoms with E-state index in [1.807, 2.05) is 12.1 Å². The molecule has 9 nitrogen and oxygen atoms in total. The summed E-state index contributed by atoms with van der Waals surface area (Å²) >= 11 is 6.25. The summed E-state index contributed by atoms with van der Waals surface area (Å²) in [6.07, 6.45) is 4.82. The molecule has 1 amide bonds. The van der Waals surface area contributed by atoms with E-state index in [2.05, 4.69) is 42.8 Å². The van der Waals surface area contributed by atoms with Crippen molar-refractivity contribution in [1.82, 2.24) is 20.1 Å². The molecule has 34 heavy (non-hydrogen) atoms. The number of methoxy groups -OCH3 is 1. The molecule has 0 radical (unpaired) electrons. The number of nitrogens with one attached hydrogen (secondary N) is 2. The van der Waals surface area contributed by atoms with E-state index in [4.69, 9.17) is 22.1 Å². The van der Waals surface area contributed by atoms with Crippen LogP contribution in [0.4, 0.5) is 23.1 Å². The summed E-state index contributed by atoms with van der Waals surface area (Å²) in [5.41, 5.74) is 9.28. The molecule has 4 N–H and O–H groups in total. The van der Waals surface area contributed by atoms with Crippen molar-refractivity contribution in [2.24, 2.45) is 5.73 Å². The van der Waals surface area contributed by atoms with E-state index < -0.39 is 5.91 Å². The number of piperidine rings is 1. The third-order valence-electron chi connectivity index (χ3n) is 6.39. The van der Waals surface area contributed by atoms with E-state index in [9.17, 15) is 4.79 Å². The smallest absolute Gasteiger partial charge is 0.273 e. The Bertz CT molecular complexity index is 1240. The first kappa shape index (κ1) is 22.4. The Morgan fingerprint density at radius 3 is 2.79 bits per heavy atom. The van der Waals surface area contributed by atoms with Crippen LogP contribution in [0.15, 0.2) is 36.4 Å². The lowest BCUT2D eigenvalue weighted by molar-refractivity contribution is 0.0995. The van der Waals surface area contributed by atoms with Crippen LogP contribution >= 0.6 is 11.6 Å². The van der Waals surface area contributed by atoms with Gasteiger partial charge in [-0.05, 0) is 61.2 Å². The number of ether oxygens (including phenoxy) is 1. The molecule has 1 saturated heterocycles. The van der Waals surface area contributed by atoms with Crippen LogP contribution in [0.1, 0.15) is 40.9 Å². The molecule has 0 spiro atoms. The van der Waals surface area contributed by atoms with Crippen molar-refractivity contribution in [2.45, 2.75) is 38.3 Å². The second-order valence-corrected chi connectivity index (χ2v) is 8.98. The van der Waals surface area contributed by atoms with Gasteiger partial charge in [0.2, 0.25) is 5.95 Å². The lowest BCUT2D eigenvalue weighted by atomic mass is 9.88. The van der Waals surface area contributed by atoms with Gasteiger partial charge in [0.25, 0.3) is 5.91 Å². The summed E-state index contributed by atoms with van der Waals surface area (Å²) in [4.78, 5) is 18.9. The molecule has 1 unspecified atom stereocenters. The van der Waals surface area contributed by atoms with Crippen LogP contribution in [-0.4, -0.2) is 45.7 Å². The number of halogens is 1. The number of aromatic nitrogens is 3. The monoisotopic (exact) mass is 479 g/mol. The second kappa shape index (κ2) is 9.44. The minimum atomic E-state index is -0.747. The normalized spacial score (nSPS) is 17.4. The van der Waals surface area contributed by atoms with Gasteiger partial charge < -0.3 is 21.1 Å². The number of carbonyl (C=O) groups excluding carboxylic acids is 1. The van der Waals surface area contributed by atoms with Crippen LogP contribution in [0.3, 0.4) is 0 Å². The van der Waals surface area contributed by atoms with Gasteiger partial charge in [-0.2, -0.15) is 4.98 Å². The fourth-order valence-electron chi connectivity index (χ4n) is 4.69. The average molecular weight is 480 g/mol. The molecular weight excluding hydrogens is 454 g/mol. The van der Waals surface area contributed by atoms with Crippen molar-refractivity contribution >= 4 is 40.6 Å². The Morgan fingerprint density at radius 1 is 1.15 bits per heavy atom. The fraction of sp³-hybridized carbons (Fsp3) is 0.333. The first-order valence-electron chi connectivity index (χ1n) is 11.3. The third kappa shape index (κ3) is 4.49. The van der Waals surface area contributed by atoms with Crippen LogP contribution in [-0.2, 0) is 13.0 Å². The Balaban J connectivity index is 1.46. The molecule has 1 fully saturated rings. The van der Waals surface area contributed by atoms with E-state index in [0.717, 1.165) is 25.2 Å². The Hall–Kier alpha value is -3.43. The lowest BCUT2D eigenvalue weighted by Gasteiger charge is -2.40. The number of para-hydroxylation sites is 1. The number of fused-ring (bicyclic) bond motifs is 2. The number of amides is 1. The highest BCUT2D eigenvalue weighted by atomic mass is 35.5. The van der Waals surface area contributed by atoms with Crippen molar-refractivity contribution < 1.29 is 9.53 Å². The van der Waals surface area contributed by atoms with Crippen LogP contribution in [0, 0.1) is 0 Å². The van der Waals surface area contributed by atoms with Crippen molar-refractivity contribution in [3.05, 3.63) is 58.2 Å². The molecule has 2 aliphatic heterocycles. The van der Waals surface area contributed by atoms with Crippen molar-refractivity contribution in [3.63, 3.8) is 0 Å². The van der Waals surface area contributed by atoms with Crippen molar-refractivity contribution in [2.75, 3.05) is 24.3 Å². The fourth-order valence-corrected chi connectivity index (χ4v) is 4.87. The standard InChI is InChI=1S/C24H26ClN7O2/c1-34-20-12-14-10-16-6-4-5-9-32(16)13-15(14)11-19(20)28-24-29-23(21(22(26)33)30-31-24)27-18-8-3-2-7-17(18)25/h2-3,7-8,11-12,16H,4-6,9-10,13H2,1H3,(H2,26,33)(H2,27,28,29,31). The Kier molecular flexibility index (Phi) is 6.21. The van der Waals surface area contributed by atoms with Crippen LogP contribution < -0.4 is 21.1 Å². The number of nitrogens with two attached hydrogens (primary N) is 1. The number of hydrogen-bond donors (Lipinski definition) is 3. The molecular formula is C24H26ClN7O2. The van der Waals surface area contributed by atoms with E-state index >= 15 is 0 Å². The number of carbonyl (C=O) groups is 1. The molecule has 2 aromatic carbocycles. The van der Waals surface area contributed by atoms with Gasteiger partial charge in [0.15, 0.2) is 11.5 Å². The average Bonchev–Trinajstić information content (AvgIpc) is 2.84. The summed E-state index contributed by atoms with van der Waals surface area (Å²) in [5, 5.41) is 14.8. The van der Waals surface area contributed by atoms with Gasteiger partial charge in [-0.3, -0.25) is 9.69 Å². The topological polar surface area (TPSA) is 118 Å². The highest BCUT2D eigenvalue weighted by Gasteiger charge is 2.29. The van der Waals surface area contributed by atoms with E-state index in [1.54, 1.807) is 19.2 Å². The summed E-state index contributed by atoms with van der Waals surface area (Å²) in [6, 6.07) is 11.9. The van der Waals surface area contributed by atoms with Gasteiger partial charge in [0, 0.05) is 12.6 Å². The van der Waals surface area contributed by atoms with E-state index in [0.29, 0.717) is 22.5 Å². The summed E-state index contributed by atoms with van der Waals surface area (Å²) in [5.74, 6) is 0.311. The minimum absolute atomic E-state index is 0.0842. The quantitative estimate of drug-likeness (QED) is 0.485. The molecule has 0 saturated carbocycles. The number of anilines is 4. The summed E-state index contributed by atoms with van der Waals surface area (Å²) in [6.45, 7) is 2.05. The maximum atomic E-state index is 11.9. The maximum absolute atomic E-state index is 11.9. The number of benzene rings is 2. The molecule has 1 aromatic heterocycles. The molecule has 0 bridgehead atoms. The molecule has 3 aromatic rings. The van der Waals surface area contributed by atoms with Gasteiger partial charge >= 0.3 is 0 Å². The van der Waals surface area contributed by atoms with Crippen molar-refractivity contribution in [1.29, 1.82) is 0 Å². The van der Waals surface area contributed by atoms with E-state index in [1.165, 1.54) is 30.4 Å². The summed E-state index contributed by atoms with van der Waals surface area (Å²) in [7, 11) is 1.64. The second-order valence-electron chi connectivity index (χ2n) is 8.57. The zero-order valence-electron chi connectivity index (χ0n) is 18.8. The number of nitrogens with zero attached hydrogens (tertiary/aromatic N) is 4. The Morgan fingerprint density at radius 2 is 2.00 bits per heavy atom. The molecule has 176 valence electrons. The number of rotatable bonds is 6. The predicted molar refractivity (Wildman–Crippen MR) is 131 cm³/mol. The van der Waals surface area contributed by atoms with Gasteiger partial charge in [-0.25, -0.2) is 0 Å². The van der Waals surface area contributed by atoms with Crippen LogP contribution in [0.2, 0.25) is 5.02 Å². The predicted octanol–water partition coefficient (Wildman–Crippen LogP) is 4.03. The third-order valence-corrected chi connectivity index (χ3v) is 6.72. The van der Waals surface area contributed by atoms with Crippen molar-refractivity contribution in [3.8, 4) is 5.75 Å². The zero-order chi connectivity index (χ0) is 23.7. The SMILES string of the molecule is COc1cc2c(cc1Nc1nnc(C(N)=O)c(Nc3ccccc3Cl)n1)CN1CCCCC1C2. The van der Waals surface area contributed by atoms with E-state index in [-0.39, 0.29) is 17.5 Å². The van der Waals surface area contributed by atoms with Gasteiger partial charge in [0.05, 0.1) is 23.5 Å². The van der Waals surface area contributed by atoms with Crippen LogP contribution in [0.25, 0.3) is 0 Å². The van der Waals surface area contributed by atoms with Gasteiger partial charge in [-0.15, -0.1) is 10.2 Å². The number of hydrogen-bond acceptors (Lipinski definition) is 8. The highest BCUT2D eigenvalue weighted by Crippen LogP contribution is 2.36. The molecule has 0 aliphatic carbocycles. The minimum Gasteiger partial charge on any atom is -0.495 e. The molecule has 2 aliphatic rings. The maximum Gasteiger partial charge on any atom is 0.273 e.